The quantitative estimate of drug-likeness (QED) is 0.428. The summed E-state index contributed by atoms with van der Waals surface area (Å²) in [5.74, 6) is 0.597. The van der Waals surface area contributed by atoms with Crippen LogP contribution in [0.25, 0.3) is 22.1 Å². The van der Waals surface area contributed by atoms with Crippen LogP contribution in [0.1, 0.15) is 0 Å². The number of halogens is 1. The van der Waals surface area contributed by atoms with Crippen molar-refractivity contribution in [1.82, 2.24) is 0 Å². The molecule has 8 heteroatoms. The van der Waals surface area contributed by atoms with Crippen molar-refractivity contribution in [3.63, 3.8) is 0 Å². The summed E-state index contributed by atoms with van der Waals surface area (Å²) < 4.78 is 39.0. The summed E-state index contributed by atoms with van der Waals surface area (Å²) >= 11 is 3.25. The van der Waals surface area contributed by atoms with Gasteiger partial charge in [0.15, 0.2) is 5.43 Å². The lowest BCUT2D eigenvalue weighted by Crippen LogP contribution is -2.13. The Hall–Kier alpha value is -3.10. The van der Waals surface area contributed by atoms with Crippen molar-refractivity contribution in [2.45, 2.75) is 4.90 Å². The average Bonchev–Trinajstić information content (AvgIpc) is 2.74. The molecule has 1 heterocycles. The summed E-state index contributed by atoms with van der Waals surface area (Å²) in [5.41, 5.74) is 1.63. The molecule has 0 atom stereocenters. The van der Waals surface area contributed by atoms with E-state index in [1.165, 1.54) is 12.3 Å². The number of benzene rings is 3. The van der Waals surface area contributed by atoms with Gasteiger partial charge < -0.3 is 9.15 Å². The Balaban J connectivity index is 1.65. The number of rotatable bonds is 5. The van der Waals surface area contributed by atoms with Crippen LogP contribution in [0.2, 0.25) is 0 Å². The fraction of sp³-hybridized carbons (Fsp3) is 0.0455. The normalized spacial score (nSPS) is 11.4. The molecule has 3 aromatic carbocycles. The molecule has 0 aliphatic heterocycles. The SMILES string of the molecule is COc1ccc2c(=O)c(-c3ccc(NS(=O)(=O)c4ccccc4Br)cc3)coc2c1. The first-order chi connectivity index (χ1) is 14.4. The van der Waals surface area contributed by atoms with Crippen molar-refractivity contribution in [2.75, 3.05) is 11.8 Å². The topological polar surface area (TPSA) is 85.6 Å². The molecule has 0 radical (unpaired) electrons. The molecule has 30 heavy (non-hydrogen) atoms. The Morgan fingerprint density at radius 2 is 1.73 bits per heavy atom. The number of hydrogen-bond acceptors (Lipinski definition) is 5. The van der Waals surface area contributed by atoms with Crippen LogP contribution in [0, 0.1) is 0 Å². The van der Waals surface area contributed by atoms with Crippen molar-refractivity contribution in [3.05, 3.63) is 87.7 Å². The van der Waals surface area contributed by atoms with Gasteiger partial charge in [-0.25, -0.2) is 8.42 Å². The fourth-order valence-corrected chi connectivity index (χ4v) is 5.09. The summed E-state index contributed by atoms with van der Waals surface area (Å²) in [6.07, 6.45) is 1.39. The Morgan fingerprint density at radius 3 is 2.43 bits per heavy atom. The first kappa shape index (κ1) is 20.2. The van der Waals surface area contributed by atoms with Gasteiger partial charge >= 0.3 is 0 Å². The minimum Gasteiger partial charge on any atom is -0.497 e. The van der Waals surface area contributed by atoms with Gasteiger partial charge in [0, 0.05) is 16.2 Å². The van der Waals surface area contributed by atoms with Crippen LogP contribution in [0.5, 0.6) is 5.75 Å². The molecule has 0 spiro atoms. The van der Waals surface area contributed by atoms with Gasteiger partial charge in [0.1, 0.15) is 22.5 Å². The number of ether oxygens (including phenoxy) is 1. The average molecular weight is 486 g/mol. The molecule has 1 aromatic heterocycles. The number of methoxy groups -OCH3 is 1. The second kappa shape index (κ2) is 7.97. The van der Waals surface area contributed by atoms with Gasteiger partial charge in [0.25, 0.3) is 10.0 Å². The van der Waals surface area contributed by atoms with Gasteiger partial charge in [-0.15, -0.1) is 0 Å². The second-order valence-corrected chi connectivity index (χ2v) is 8.96. The highest BCUT2D eigenvalue weighted by Gasteiger charge is 2.17. The van der Waals surface area contributed by atoms with Gasteiger partial charge in [-0.2, -0.15) is 0 Å². The molecule has 0 aliphatic rings. The number of nitrogens with one attached hydrogen (secondary N) is 1. The highest BCUT2D eigenvalue weighted by molar-refractivity contribution is 9.10. The van der Waals surface area contributed by atoms with Crippen LogP contribution in [-0.4, -0.2) is 15.5 Å². The largest absolute Gasteiger partial charge is 0.497 e. The third-order valence-corrected chi connectivity index (χ3v) is 6.95. The number of anilines is 1. The zero-order valence-electron chi connectivity index (χ0n) is 15.8. The van der Waals surface area contributed by atoms with Crippen molar-refractivity contribution in [2.24, 2.45) is 0 Å². The van der Waals surface area contributed by atoms with Crippen molar-refractivity contribution in [3.8, 4) is 16.9 Å². The summed E-state index contributed by atoms with van der Waals surface area (Å²) in [5, 5.41) is 0.437. The Bertz CT molecular complexity index is 1400. The summed E-state index contributed by atoms with van der Waals surface area (Å²) in [4.78, 5) is 13.0. The first-order valence-electron chi connectivity index (χ1n) is 8.86. The lowest BCUT2D eigenvalue weighted by molar-refractivity contribution is 0.414. The molecule has 4 aromatic rings. The predicted molar refractivity (Wildman–Crippen MR) is 119 cm³/mol. The van der Waals surface area contributed by atoms with E-state index in [4.69, 9.17) is 9.15 Å². The summed E-state index contributed by atoms with van der Waals surface area (Å²) in [6, 6.07) is 18.1. The molecule has 0 amide bonds. The Labute approximate surface area is 181 Å². The molecule has 0 unspecified atom stereocenters. The van der Waals surface area contributed by atoms with E-state index >= 15 is 0 Å². The van der Waals surface area contributed by atoms with E-state index < -0.39 is 10.0 Å². The lowest BCUT2D eigenvalue weighted by atomic mass is 10.1. The summed E-state index contributed by atoms with van der Waals surface area (Å²) in [7, 11) is -2.21. The van der Waals surface area contributed by atoms with Crippen molar-refractivity contribution < 1.29 is 17.6 Å². The van der Waals surface area contributed by atoms with E-state index in [2.05, 4.69) is 20.7 Å². The molecule has 0 aliphatic carbocycles. The first-order valence-corrected chi connectivity index (χ1v) is 11.1. The van der Waals surface area contributed by atoms with E-state index in [0.29, 0.717) is 38.0 Å². The summed E-state index contributed by atoms with van der Waals surface area (Å²) in [6.45, 7) is 0. The molecule has 6 nitrogen and oxygen atoms in total. The highest BCUT2D eigenvalue weighted by atomic mass is 79.9. The number of hydrogen-bond donors (Lipinski definition) is 1. The maximum atomic E-state index is 12.8. The molecule has 0 fully saturated rings. The zero-order chi connectivity index (χ0) is 21.3. The minimum atomic E-state index is -3.75. The Kier molecular flexibility index (Phi) is 5.36. The van der Waals surface area contributed by atoms with Crippen LogP contribution in [0.15, 0.2) is 91.6 Å². The monoisotopic (exact) mass is 485 g/mol. The maximum absolute atomic E-state index is 12.8. The lowest BCUT2D eigenvalue weighted by Gasteiger charge is -2.10. The molecule has 0 saturated heterocycles. The maximum Gasteiger partial charge on any atom is 0.263 e. The van der Waals surface area contributed by atoms with Gasteiger partial charge in [-0.05, 0) is 57.9 Å². The van der Waals surface area contributed by atoms with E-state index in [0.717, 1.165) is 0 Å². The molecule has 0 bridgehead atoms. The van der Waals surface area contributed by atoms with E-state index in [-0.39, 0.29) is 10.3 Å². The number of sulfonamides is 1. The minimum absolute atomic E-state index is 0.139. The molecule has 0 saturated carbocycles. The third kappa shape index (κ3) is 3.83. The third-order valence-electron chi connectivity index (χ3n) is 4.56. The van der Waals surface area contributed by atoms with E-state index in [1.54, 1.807) is 67.8 Å². The van der Waals surface area contributed by atoms with Crippen LogP contribution >= 0.6 is 15.9 Å². The van der Waals surface area contributed by atoms with E-state index in [9.17, 15) is 13.2 Å². The molecular weight excluding hydrogens is 470 g/mol. The van der Waals surface area contributed by atoms with Gasteiger partial charge in [0.05, 0.1) is 18.1 Å². The molecule has 4 rings (SSSR count). The van der Waals surface area contributed by atoms with Crippen LogP contribution in [-0.2, 0) is 10.0 Å². The number of fused-ring (bicyclic) bond motifs is 1. The van der Waals surface area contributed by atoms with Crippen LogP contribution in [0.4, 0.5) is 5.69 Å². The van der Waals surface area contributed by atoms with Crippen LogP contribution < -0.4 is 14.9 Å². The smallest absolute Gasteiger partial charge is 0.263 e. The van der Waals surface area contributed by atoms with Crippen LogP contribution in [0.3, 0.4) is 0 Å². The fourth-order valence-electron chi connectivity index (χ4n) is 3.03. The van der Waals surface area contributed by atoms with Crippen molar-refractivity contribution in [1.29, 1.82) is 0 Å². The zero-order valence-corrected chi connectivity index (χ0v) is 18.2. The van der Waals surface area contributed by atoms with Gasteiger partial charge in [0.2, 0.25) is 0 Å². The van der Waals surface area contributed by atoms with Gasteiger partial charge in [-0.1, -0.05) is 24.3 Å². The molecular formula is C22H16BrNO5S. The highest BCUT2D eigenvalue weighted by Crippen LogP contribution is 2.26. The molecule has 152 valence electrons. The predicted octanol–water partition coefficient (Wildman–Crippen LogP) is 5.03. The molecule has 1 N–H and O–H groups in total. The van der Waals surface area contributed by atoms with Crippen molar-refractivity contribution >= 4 is 42.6 Å². The van der Waals surface area contributed by atoms with E-state index in [1.807, 2.05) is 0 Å². The second-order valence-electron chi connectivity index (χ2n) is 6.45. The Morgan fingerprint density at radius 1 is 1.00 bits per heavy atom. The van der Waals surface area contributed by atoms with Gasteiger partial charge in [-0.3, -0.25) is 9.52 Å². The standard InChI is InChI=1S/C22H16BrNO5S/c1-28-16-10-11-17-20(12-16)29-13-18(22(17)25)14-6-8-15(9-7-14)24-30(26,27)21-5-3-2-4-19(21)23/h2-13,24H,1H3.